The van der Waals surface area contributed by atoms with E-state index < -0.39 is 0 Å². The summed E-state index contributed by atoms with van der Waals surface area (Å²) in [6.07, 6.45) is 2.16. The highest BCUT2D eigenvalue weighted by Crippen LogP contribution is 2.14. The Bertz CT molecular complexity index is 347. The van der Waals surface area contributed by atoms with Crippen LogP contribution in [0.1, 0.15) is 25.1 Å². The first-order valence-electron chi connectivity index (χ1n) is 5.89. The van der Waals surface area contributed by atoms with E-state index in [0.29, 0.717) is 12.5 Å². The molecule has 0 saturated carbocycles. The Hall–Kier alpha value is -0.940. The van der Waals surface area contributed by atoms with Gasteiger partial charge in [0.15, 0.2) is 0 Å². The molecule has 2 N–H and O–H groups in total. The van der Waals surface area contributed by atoms with Crippen molar-refractivity contribution in [3.05, 3.63) is 24.2 Å². The number of hydrogen-bond acceptors (Lipinski definition) is 4. The van der Waals surface area contributed by atoms with E-state index in [2.05, 4.69) is 10.6 Å². The number of hydrogen-bond donors (Lipinski definition) is 2. The number of nitrogens with one attached hydrogen (secondary N) is 2. The van der Waals surface area contributed by atoms with E-state index in [-0.39, 0.29) is 11.9 Å². The number of carbonyl (C=O) groups excluding carboxylic acids is 1. The lowest BCUT2D eigenvalue weighted by molar-refractivity contribution is -0.122. The maximum atomic E-state index is 11.8. The Morgan fingerprint density at radius 1 is 1.76 bits per heavy atom. The SMILES string of the molecule is C[C@@H](NC(=O)CC1CSCCN1)c1ccco1. The fourth-order valence-corrected chi connectivity index (χ4v) is 2.83. The van der Waals surface area contributed by atoms with Crippen LogP contribution in [0.4, 0.5) is 0 Å². The molecule has 94 valence electrons. The lowest BCUT2D eigenvalue weighted by atomic mass is 10.2. The summed E-state index contributed by atoms with van der Waals surface area (Å²) in [7, 11) is 0. The van der Waals surface area contributed by atoms with Gasteiger partial charge in [0.25, 0.3) is 0 Å². The van der Waals surface area contributed by atoms with Gasteiger partial charge < -0.3 is 15.1 Å². The third-order valence-corrected chi connectivity index (χ3v) is 3.91. The van der Waals surface area contributed by atoms with Crippen LogP contribution in [-0.2, 0) is 4.79 Å². The minimum Gasteiger partial charge on any atom is -0.467 e. The van der Waals surface area contributed by atoms with Crippen LogP contribution in [0.2, 0.25) is 0 Å². The van der Waals surface area contributed by atoms with Crippen LogP contribution in [-0.4, -0.2) is 30.0 Å². The first-order valence-corrected chi connectivity index (χ1v) is 7.05. The zero-order valence-corrected chi connectivity index (χ0v) is 10.8. The van der Waals surface area contributed by atoms with Crippen LogP contribution in [0.3, 0.4) is 0 Å². The van der Waals surface area contributed by atoms with E-state index in [1.54, 1.807) is 6.26 Å². The van der Waals surface area contributed by atoms with Gasteiger partial charge in [-0.2, -0.15) is 11.8 Å². The fourth-order valence-electron chi connectivity index (χ4n) is 1.88. The van der Waals surface area contributed by atoms with Crippen LogP contribution >= 0.6 is 11.8 Å². The average Bonchev–Trinajstić information content (AvgIpc) is 2.83. The van der Waals surface area contributed by atoms with Gasteiger partial charge in [0.2, 0.25) is 5.91 Å². The highest BCUT2D eigenvalue weighted by atomic mass is 32.2. The van der Waals surface area contributed by atoms with E-state index in [4.69, 9.17) is 4.42 Å². The molecular weight excluding hydrogens is 236 g/mol. The number of carbonyl (C=O) groups is 1. The number of rotatable bonds is 4. The topological polar surface area (TPSA) is 54.3 Å². The minimum absolute atomic E-state index is 0.0613. The first-order chi connectivity index (χ1) is 8.25. The largest absolute Gasteiger partial charge is 0.467 e. The number of amides is 1. The summed E-state index contributed by atoms with van der Waals surface area (Å²) in [6, 6.07) is 3.95. The first kappa shape index (κ1) is 12.5. The van der Waals surface area contributed by atoms with Crippen molar-refractivity contribution >= 4 is 17.7 Å². The predicted octanol–water partition coefficient (Wildman–Crippen LogP) is 1.55. The molecule has 0 radical (unpaired) electrons. The molecule has 17 heavy (non-hydrogen) atoms. The highest BCUT2D eigenvalue weighted by molar-refractivity contribution is 7.99. The molecule has 1 unspecified atom stereocenters. The van der Waals surface area contributed by atoms with Gasteiger partial charge in [-0.1, -0.05) is 0 Å². The van der Waals surface area contributed by atoms with E-state index in [0.717, 1.165) is 23.8 Å². The quantitative estimate of drug-likeness (QED) is 0.856. The lowest BCUT2D eigenvalue weighted by Gasteiger charge is -2.23. The van der Waals surface area contributed by atoms with E-state index in [9.17, 15) is 4.79 Å². The normalized spacial score (nSPS) is 22.1. The maximum Gasteiger partial charge on any atom is 0.222 e. The van der Waals surface area contributed by atoms with Crippen molar-refractivity contribution in [2.75, 3.05) is 18.1 Å². The van der Waals surface area contributed by atoms with Crippen molar-refractivity contribution in [1.29, 1.82) is 0 Å². The average molecular weight is 254 g/mol. The highest BCUT2D eigenvalue weighted by Gasteiger charge is 2.18. The smallest absolute Gasteiger partial charge is 0.222 e. The summed E-state index contributed by atoms with van der Waals surface area (Å²) in [5.74, 6) is 3.03. The van der Waals surface area contributed by atoms with Crippen LogP contribution in [0.5, 0.6) is 0 Å². The van der Waals surface area contributed by atoms with Gasteiger partial charge in [0.05, 0.1) is 12.3 Å². The lowest BCUT2D eigenvalue weighted by Crippen LogP contribution is -2.41. The van der Waals surface area contributed by atoms with E-state index in [1.807, 2.05) is 30.8 Å². The molecule has 0 bridgehead atoms. The van der Waals surface area contributed by atoms with Gasteiger partial charge in [-0.3, -0.25) is 4.79 Å². The van der Waals surface area contributed by atoms with Crippen molar-refractivity contribution < 1.29 is 9.21 Å². The van der Waals surface area contributed by atoms with Crippen LogP contribution in [0, 0.1) is 0 Å². The molecule has 2 rings (SSSR count). The van der Waals surface area contributed by atoms with Crippen molar-refractivity contribution in [2.24, 2.45) is 0 Å². The molecule has 0 spiro atoms. The summed E-state index contributed by atoms with van der Waals surface area (Å²) in [4.78, 5) is 11.8. The summed E-state index contributed by atoms with van der Waals surface area (Å²) < 4.78 is 5.25. The summed E-state index contributed by atoms with van der Waals surface area (Å²) in [5.41, 5.74) is 0. The van der Waals surface area contributed by atoms with Crippen molar-refractivity contribution in [3.63, 3.8) is 0 Å². The molecule has 1 fully saturated rings. The molecular formula is C12H18N2O2S. The Labute approximate surface area is 106 Å². The second kappa shape index (κ2) is 6.12. The van der Waals surface area contributed by atoms with Crippen LogP contribution < -0.4 is 10.6 Å². The molecule has 5 heteroatoms. The minimum atomic E-state index is -0.0613. The third-order valence-electron chi connectivity index (χ3n) is 2.78. The molecule has 1 aromatic heterocycles. The van der Waals surface area contributed by atoms with E-state index in [1.165, 1.54) is 0 Å². The second-order valence-corrected chi connectivity index (χ2v) is 5.38. The van der Waals surface area contributed by atoms with Crippen molar-refractivity contribution in [3.8, 4) is 0 Å². The van der Waals surface area contributed by atoms with Gasteiger partial charge >= 0.3 is 0 Å². The number of furan rings is 1. The Morgan fingerprint density at radius 2 is 2.65 bits per heavy atom. The molecule has 1 aromatic rings. The van der Waals surface area contributed by atoms with Crippen molar-refractivity contribution in [1.82, 2.24) is 10.6 Å². The zero-order chi connectivity index (χ0) is 12.1. The summed E-state index contributed by atoms with van der Waals surface area (Å²) >= 11 is 1.90. The Morgan fingerprint density at radius 3 is 3.29 bits per heavy atom. The fraction of sp³-hybridized carbons (Fsp3) is 0.583. The molecule has 1 saturated heterocycles. The van der Waals surface area contributed by atoms with Gasteiger partial charge in [-0.15, -0.1) is 0 Å². The molecule has 2 heterocycles. The third kappa shape index (κ3) is 3.78. The van der Waals surface area contributed by atoms with Gasteiger partial charge in [0.1, 0.15) is 5.76 Å². The zero-order valence-electron chi connectivity index (χ0n) is 9.94. The van der Waals surface area contributed by atoms with Gasteiger partial charge in [-0.25, -0.2) is 0 Å². The van der Waals surface area contributed by atoms with Crippen LogP contribution in [0.15, 0.2) is 22.8 Å². The molecule has 1 amide bonds. The summed E-state index contributed by atoms with van der Waals surface area (Å²) in [6.45, 7) is 2.93. The van der Waals surface area contributed by atoms with E-state index >= 15 is 0 Å². The molecule has 1 aliphatic heterocycles. The molecule has 2 atom stereocenters. The molecule has 4 nitrogen and oxygen atoms in total. The van der Waals surface area contributed by atoms with Gasteiger partial charge in [-0.05, 0) is 19.1 Å². The summed E-state index contributed by atoms with van der Waals surface area (Å²) in [5, 5.41) is 6.30. The standard InChI is InChI=1S/C12H18N2O2S/c1-9(11-3-2-5-16-11)14-12(15)7-10-8-17-6-4-13-10/h2-3,5,9-10,13H,4,6-8H2,1H3,(H,14,15)/t9-,10?/m1/s1. The van der Waals surface area contributed by atoms with Crippen molar-refractivity contribution in [2.45, 2.75) is 25.4 Å². The molecule has 0 aromatic carbocycles. The number of thioether (sulfide) groups is 1. The maximum absolute atomic E-state index is 11.8. The molecule has 0 aliphatic carbocycles. The Kier molecular flexibility index (Phi) is 4.50. The predicted molar refractivity (Wildman–Crippen MR) is 69.0 cm³/mol. The van der Waals surface area contributed by atoms with Gasteiger partial charge in [0, 0.05) is 30.5 Å². The monoisotopic (exact) mass is 254 g/mol. The van der Waals surface area contributed by atoms with Crippen LogP contribution in [0.25, 0.3) is 0 Å². The second-order valence-electron chi connectivity index (χ2n) is 4.23. The Balaban J connectivity index is 1.76. The molecule has 1 aliphatic rings.